The number of hydrogen-bond acceptors (Lipinski definition) is 3. The molecule has 0 aliphatic rings. The number of nitrogens with zero attached hydrogens (tertiary/aromatic N) is 2. The van der Waals surface area contributed by atoms with E-state index in [-0.39, 0.29) is 0 Å². The van der Waals surface area contributed by atoms with E-state index in [1.54, 1.807) is 17.8 Å². The summed E-state index contributed by atoms with van der Waals surface area (Å²) in [5.74, 6) is 0.906. The van der Waals surface area contributed by atoms with E-state index in [1.807, 2.05) is 12.1 Å². The minimum Gasteiger partial charge on any atom is -0.143 e. The van der Waals surface area contributed by atoms with Crippen molar-refractivity contribution >= 4 is 23.4 Å². The van der Waals surface area contributed by atoms with Crippen LogP contribution in [0.3, 0.4) is 0 Å². The lowest BCUT2D eigenvalue weighted by atomic mass is 10.1. The van der Waals surface area contributed by atoms with Gasteiger partial charge in [0.25, 0.3) is 0 Å². The second-order valence-electron chi connectivity index (χ2n) is 3.41. The van der Waals surface area contributed by atoms with Crippen LogP contribution in [-0.4, -0.2) is 10.2 Å². The number of aromatic nitrogens is 2. The van der Waals surface area contributed by atoms with Crippen LogP contribution in [0.25, 0.3) is 0 Å². The fourth-order valence-corrected chi connectivity index (χ4v) is 2.30. The van der Waals surface area contributed by atoms with Crippen LogP contribution in [0.1, 0.15) is 11.1 Å². The molecule has 0 radical (unpaired) electrons. The van der Waals surface area contributed by atoms with E-state index in [4.69, 9.17) is 11.6 Å². The third kappa shape index (κ3) is 2.97. The van der Waals surface area contributed by atoms with Crippen molar-refractivity contribution in [3.63, 3.8) is 0 Å². The average molecular weight is 251 g/mol. The summed E-state index contributed by atoms with van der Waals surface area (Å²) in [6, 6.07) is 12.0. The van der Waals surface area contributed by atoms with E-state index < -0.39 is 0 Å². The fourth-order valence-electron chi connectivity index (χ4n) is 1.30. The average Bonchev–Trinajstić information content (AvgIpc) is 2.30. The molecule has 0 aliphatic carbocycles. The maximum atomic E-state index is 5.67. The molecule has 1 aromatic heterocycles. The van der Waals surface area contributed by atoms with Crippen LogP contribution in [0.4, 0.5) is 0 Å². The van der Waals surface area contributed by atoms with Crippen LogP contribution < -0.4 is 0 Å². The van der Waals surface area contributed by atoms with E-state index in [2.05, 4.69) is 35.3 Å². The van der Waals surface area contributed by atoms with Crippen molar-refractivity contribution in [3.05, 3.63) is 52.7 Å². The van der Waals surface area contributed by atoms with Gasteiger partial charge in [-0.2, -0.15) is 0 Å². The number of aryl methyl sites for hydroxylation is 1. The van der Waals surface area contributed by atoms with Crippen LogP contribution in [-0.2, 0) is 5.75 Å². The molecule has 0 N–H and O–H groups in total. The quantitative estimate of drug-likeness (QED) is 0.777. The smallest absolute Gasteiger partial charge is 0.143 e. The van der Waals surface area contributed by atoms with Crippen LogP contribution in [0.2, 0.25) is 5.15 Å². The molecule has 0 unspecified atom stereocenters. The Kier molecular flexibility index (Phi) is 3.80. The lowest BCUT2D eigenvalue weighted by Crippen LogP contribution is -1.88. The highest BCUT2D eigenvalue weighted by Gasteiger charge is 2.00. The third-order valence-corrected chi connectivity index (χ3v) is 3.41. The van der Waals surface area contributed by atoms with Crippen molar-refractivity contribution in [1.82, 2.24) is 10.2 Å². The lowest BCUT2D eigenvalue weighted by Gasteiger charge is -2.04. The molecule has 82 valence electrons. The summed E-state index contributed by atoms with van der Waals surface area (Å²) >= 11 is 7.34. The molecule has 0 saturated heterocycles. The highest BCUT2D eigenvalue weighted by Crippen LogP contribution is 2.22. The minimum atomic E-state index is 0.431. The van der Waals surface area contributed by atoms with E-state index in [0.717, 1.165) is 10.8 Å². The maximum absolute atomic E-state index is 5.67. The van der Waals surface area contributed by atoms with E-state index in [0.29, 0.717) is 5.15 Å². The Morgan fingerprint density at radius 3 is 2.62 bits per heavy atom. The van der Waals surface area contributed by atoms with Crippen molar-refractivity contribution in [1.29, 1.82) is 0 Å². The van der Waals surface area contributed by atoms with Crippen molar-refractivity contribution in [2.24, 2.45) is 0 Å². The van der Waals surface area contributed by atoms with Gasteiger partial charge in [0.2, 0.25) is 0 Å². The molecule has 0 fully saturated rings. The Balaban J connectivity index is 2.02. The van der Waals surface area contributed by atoms with Crippen molar-refractivity contribution in [2.75, 3.05) is 0 Å². The zero-order valence-electron chi connectivity index (χ0n) is 8.85. The van der Waals surface area contributed by atoms with Gasteiger partial charge < -0.3 is 0 Å². The van der Waals surface area contributed by atoms with E-state index in [1.165, 1.54) is 11.1 Å². The molecule has 2 aromatic rings. The molecule has 2 nitrogen and oxygen atoms in total. The van der Waals surface area contributed by atoms with Gasteiger partial charge in [-0.05, 0) is 30.2 Å². The number of hydrogen-bond donors (Lipinski definition) is 0. The van der Waals surface area contributed by atoms with Gasteiger partial charge >= 0.3 is 0 Å². The molecule has 0 amide bonds. The SMILES string of the molecule is Cc1ccccc1CSc1ccc(Cl)nn1. The maximum Gasteiger partial charge on any atom is 0.151 e. The lowest BCUT2D eigenvalue weighted by molar-refractivity contribution is 0.929. The van der Waals surface area contributed by atoms with Crippen LogP contribution in [0.5, 0.6) is 0 Å². The monoisotopic (exact) mass is 250 g/mol. The number of thioether (sulfide) groups is 1. The fraction of sp³-hybridized carbons (Fsp3) is 0.167. The molecule has 16 heavy (non-hydrogen) atoms. The first-order chi connectivity index (χ1) is 7.75. The summed E-state index contributed by atoms with van der Waals surface area (Å²) in [4.78, 5) is 0. The van der Waals surface area contributed by atoms with Gasteiger partial charge in [0, 0.05) is 5.75 Å². The Morgan fingerprint density at radius 2 is 1.94 bits per heavy atom. The summed E-state index contributed by atoms with van der Waals surface area (Å²) in [7, 11) is 0. The molecule has 4 heteroatoms. The zero-order chi connectivity index (χ0) is 11.4. The minimum absolute atomic E-state index is 0.431. The normalized spacial score (nSPS) is 10.4. The van der Waals surface area contributed by atoms with Gasteiger partial charge in [-0.1, -0.05) is 47.6 Å². The van der Waals surface area contributed by atoms with Gasteiger partial charge in [0.05, 0.1) is 0 Å². The molecular weight excluding hydrogens is 240 g/mol. The predicted molar refractivity (Wildman–Crippen MR) is 67.8 cm³/mol. The summed E-state index contributed by atoms with van der Waals surface area (Å²) in [5, 5.41) is 9.14. The molecule has 1 aromatic carbocycles. The molecule has 1 heterocycles. The number of benzene rings is 1. The van der Waals surface area contributed by atoms with Gasteiger partial charge in [0.1, 0.15) is 5.03 Å². The predicted octanol–water partition coefficient (Wildman–Crippen LogP) is 3.73. The molecule has 0 aliphatic heterocycles. The summed E-state index contributed by atoms with van der Waals surface area (Å²) in [6.07, 6.45) is 0. The van der Waals surface area contributed by atoms with Gasteiger partial charge in [-0.25, -0.2) is 0 Å². The summed E-state index contributed by atoms with van der Waals surface area (Å²) in [6.45, 7) is 2.11. The second kappa shape index (κ2) is 5.32. The van der Waals surface area contributed by atoms with Crippen LogP contribution in [0, 0.1) is 6.92 Å². The summed E-state index contributed by atoms with van der Waals surface area (Å²) < 4.78 is 0. The zero-order valence-corrected chi connectivity index (χ0v) is 10.4. The van der Waals surface area contributed by atoms with Gasteiger partial charge in [-0.3, -0.25) is 0 Å². The van der Waals surface area contributed by atoms with Crippen molar-refractivity contribution in [2.45, 2.75) is 17.7 Å². The van der Waals surface area contributed by atoms with Crippen molar-refractivity contribution in [3.8, 4) is 0 Å². The molecule has 0 saturated carbocycles. The topological polar surface area (TPSA) is 25.8 Å². The Morgan fingerprint density at radius 1 is 1.12 bits per heavy atom. The van der Waals surface area contributed by atoms with Gasteiger partial charge in [-0.15, -0.1) is 10.2 Å². The first-order valence-corrected chi connectivity index (χ1v) is 6.28. The molecular formula is C12H11ClN2S. The van der Waals surface area contributed by atoms with Crippen molar-refractivity contribution < 1.29 is 0 Å². The second-order valence-corrected chi connectivity index (χ2v) is 4.79. The number of halogens is 1. The first-order valence-electron chi connectivity index (χ1n) is 4.92. The third-order valence-electron chi connectivity index (χ3n) is 2.24. The highest BCUT2D eigenvalue weighted by molar-refractivity contribution is 7.98. The first kappa shape index (κ1) is 11.4. The molecule has 0 spiro atoms. The van der Waals surface area contributed by atoms with Crippen LogP contribution in [0.15, 0.2) is 41.4 Å². The molecule has 0 bridgehead atoms. The molecule has 2 rings (SSSR count). The van der Waals surface area contributed by atoms with E-state index in [9.17, 15) is 0 Å². The largest absolute Gasteiger partial charge is 0.151 e. The molecule has 0 atom stereocenters. The van der Waals surface area contributed by atoms with Crippen LogP contribution >= 0.6 is 23.4 Å². The Bertz CT molecular complexity index is 471. The van der Waals surface area contributed by atoms with E-state index >= 15 is 0 Å². The van der Waals surface area contributed by atoms with Gasteiger partial charge in [0.15, 0.2) is 5.15 Å². The highest BCUT2D eigenvalue weighted by atomic mass is 35.5. The Labute approximate surface area is 104 Å². The Hall–Kier alpha value is -1.06. The standard InChI is InChI=1S/C12H11ClN2S/c1-9-4-2-3-5-10(9)8-16-12-7-6-11(13)14-15-12/h2-7H,8H2,1H3. The number of rotatable bonds is 3. The summed E-state index contributed by atoms with van der Waals surface area (Å²) in [5.41, 5.74) is 2.63.